The van der Waals surface area contributed by atoms with E-state index in [1.165, 1.54) is 7.05 Å². The van der Waals surface area contributed by atoms with Gasteiger partial charge in [-0.25, -0.2) is 8.42 Å². The normalized spacial score (nSPS) is 15.3. The number of sulfonamides is 1. The maximum Gasteiger partial charge on any atom is 0.255 e. The maximum absolute atomic E-state index is 13.2. The van der Waals surface area contributed by atoms with Crippen molar-refractivity contribution in [3.8, 4) is 0 Å². The number of rotatable bonds is 6. The third kappa shape index (κ3) is 4.83. The number of benzene rings is 2. The highest BCUT2D eigenvalue weighted by Crippen LogP contribution is 2.26. The van der Waals surface area contributed by atoms with Gasteiger partial charge in [-0.15, -0.1) is 0 Å². The molecule has 2 aromatic carbocycles. The number of amides is 2. The Labute approximate surface area is 171 Å². The third-order valence-electron chi connectivity index (χ3n) is 5.06. The van der Waals surface area contributed by atoms with Crippen LogP contribution in [0.25, 0.3) is 0 Å². The van der Waals surface area contributed by atoms with Crippen LogP contribution >= 0.6 is 0 Å². The fourth-order valence-corrected chi connectivity index (χ4v) is 4.02. The smallest absolute Gasteiger partial charge is 0.255 e. The summed E-state index contributed by atoms with van der Waals surface area (Å²) in [7, 11) is -2.26. The molecule has 1 aliphatic rings. The second kappa shape index (κ2) is 8.75. The molecular weight excluding hydrogens is 390 g/mol. The Balaban J connectivity index is 1.92. The van der Waals surface area contributed by atoms with Crippen LogP contribution < -0.4 is 5.32 Å². The maximum atomic E-state index is 13.2. The van der Waals surface area contributed by atoms with Gasteiger partial charge in [-0.2, -0.15) is 4.31 Å². The molecule has 0 saturated carbocycles. The molecule has 2 aromatic rings. The quantitative estimate of drug-likeness (QED) is 0.785. The second-order valence-electron chi connectivity index (χ2n) is 7.13. The molecule has 0 unspecified atom stereocenters. The molecule has 1 aliphatic heterocycles. The minimum atomic E-state index is -3.63. The van der Waals surface area contributed by atoms with Crippen molar-refractivity contribution in [2.24, 2.45) is 0 Å². The zero-order valence-corrected chi connectivity index (χ0v) is 17.4. The fourth-order valence-electron chi connectivity index (χ4n) is 3.42. The van der Waals surface area contributed by atoms with Crippen LogP contribution in [-0.4, -0.2) is 55.8 Å². The van der Waals surface area contributed by atoms with Crippen LogP contribution in [0.15, 0.2) is 54.6 Å². The molecule has 1 N–H and O–H groups in total. The first-order chi connectivity index (χ1) is 13.8. The van der Waals surface area contributed by atoms with Crippen molar-refractivity contribution in [3.05, 3.63) is 65.7 Å². The number of carbonyl (C=O) groups excluding carboxylic acids is 2. The van der Waals surface area contributed by atoms with Crippen molar-refractivity contribution in [3.63, 3.8) is 0 Å². The number of hydrogen-bond acceptors (Lipinski definition) is 4. The SMILES string of the molecule is CN([C@H](C(=O)Nc1ccccc1C(=O)N1CCCC1)c1ccccc1)S(C)(=O)=O. The average molecular weight is 416 g/mol. The lowest BCUT2D eigenvalue weighted by Crippen LogP contribution is -2.38. The van der Waals surface area contributed by atoms with Gasteiger partial charge in [0.1, 0.15) is 6.04 Å². The summed E-state index contributed by atoms with van der Waals surface area (Å²) in [6.07, 6.45) is 2.99. The number of carbonyl (C=O) groups is 2. The van der Waals surface area contributed by atoms with Crippen LogP contribution in [0, 0.1) is 0 Å². The number of para-hydroxylation sites is 1. The number of likely N-dealkylation sites (N-methyl/N-ethyl adjacent to an activating group) is 1. The molecule has 1 heterocycles. The van der Waals surface area contributed by atoms with Crippen LogP contribution in [-0.2, 0) is 14.8 Å². The minimum absolute atomic E-state index is 0.133. The number of anilines is 1. The van der Waals surface area contributed by atoms with Gasteiger partial charge in [-0.3, -0.25) is 9.59 Å². The van der Waals surface area contributed by atoms with Crippen LogP contribution in [0.2, 0.25) is 0 Å². The Kier molecular flexibility index (Phi) is 6.34. The summed E-state index contributed by atoms with van der Waals surface area (Å²) in [5, 5.41) is 2.77. The molecule has 1 atom stereocenters. The van der Waals surface area contributed by atoms with E-state index in [9.17, 15) is 18.0 Å². The molecule has 8 heteroatoms. The van der Waals surface area contributed by atoms with Crippen molar-refractivity contribution >= 4 is 27.5 Å². The lowest BCUT2D eigenvalue weighted by molar-refractivity contribution is -0.119. The Morgan fingerprint density at radius 1 is 1.00 bits per heavy atom. The highest BCUT2D eigenvalue weighted by Gasteiger charge is 2.31. The molecule has 29 heavy (non-hydrogen) atoms. The predicted octanol–water partition coefficient (Wildman–Crippen LogP) is 2.49. The van der Waals surface area contributed by atoms with E-state index in [1.54, 1.807) is 59.5 Å². The largest absolute Gasteiger partial charge is 0.339 e. The summed E-state index contributed by atoms with van der Waals surface area (Å²) in [6.45, 7) is 1.40. The molecule has 0 radical (unpaired) electrons. The van der Waals surface area contributed by atoms with E-state index in [2.05, 4.69) is 5.32 Å². The van der Waals surface area contributed by atoms with Gasteiger partial charge in [-0.1, -0.05) is 42.5 Å². The van der Waals surface area contributed by atoms with E-state index < -0.39 is 22.0 Å². The van der Waals surface area contributed by atoms with Gasteiger partial charge in [0, 0.05) is 20.1 Å². The molecular formula is C21H25N3O4S. The molecule has 2 amide bonds. The monoisotopic (exact) mass is 415 g/mol. The van der Waals surface area contributed by atoms with Gasteiger partial charge >= 0.3 is 0 Å². The third-order valence-corrected chi connectivity index (χ3v) is 6.32. The molecule has 154 valence electrons. The Bertz CT molecular complexity index is 986. The molecule has 0 aliphatic carbocycles. The number of nitrogens with zero attached hydrogens (tertiary/aromatic N) is 2. The standard InChI is InChI=1S/C21H25N3O4S/c1-23(29(2,27)28)19(16-10-4-3-5-11-16)20(25)22-18-13-7-6-12-17(18)21(26)24-14-8-9-15-24/h3-7,10-13,19H,8-9,14-15H2,1-2H3,(H,22,25)/t19-/m0/s1. The zero-order valence-electron chi connectivity index (χ0n) is 16.5. The summed E-state index contributed by atoms with van der Waals surface area (Å²) >= 11 is 0. The predicted molar refractivity (Wildman–Crippen MR) is 112 cm³/mol. The Morgan fingerprint density at radius 3 is 2.21 bits per heavy atom. The highest BCUT2D eigenvalue weighted by molar-refractivity contribution is 7.88. The summed E-state index contributed by atoms with van der Waals surface area (Å²) in [4.78, 5) is 27.8. The molecule has 1 saturated heterocycles. The average Bonchev–Trinajstić information content (AvgIpc) is 3.23. The van der Waals surface area contributed by atoms with E-state index in [4.69, 9.17) is 0 Å². The highest BCUT2D eigenvalue weighted by atomic mass is 32.2. The first-order valence-corrected chi connectivity index (χ1v) is 11.3. The van der Waals surface area contributed by atoms with E-state index in [0.29, 0.717) is 29.9 Å². The van der Waals surface area contributed by atoms with Gasteiger partial charge in [0.15, 0.2) is 0 Å². The van der Waals surface area contributed by atoms with E-state index in [1.807, 2.05) is 0 Å². The van der Waals surface area contributed by atoms with Crippen molar-refractivity contribution in [2.45, 2.75) is 18.9 Å². The Morgan fingerprint density at radius 2 is 1.59 bits per heavy atom. The molecule has 0 aromatic heterocycles. The van der Waals surface area contributed by atoms with Crippen LogP contribution in [0.4, 0.5) is 5.69 Å². The molecule has 1 fully saturated rings. The summed E-state index contributed by atoms with van der Waals surface area (Å²) in [5.74, 6) is -0.656. The zero-order chi connectivity index (χ0) is 21.0. The Hall–Kier alpha value is -2.71. The molecule has 0 bridgehead atoms. The van der Waals surface area contributed by atoms with Crippen molar-refractivity contribution in [1.82, 2.24) is 9.21 Å². The number of likely N-dealkylation sites (tertiary alicyclic amines) is 1. The molecule has 3 rings (SSSR count). The van der Waals surface area contributed by atoms with Gasteiger partial charge in [0.25, 0.3) is 5.91 Å². The lowest BCUT2D eigenvalue weighted by Gasteiger charge is -2.26. The van der Waals surface area contributed by atoms with Gasteiger partial charge in [-0.05, 0) is 30.5 Å². The first kappa shape index (κ1) is 21.0. The van der Waals surface area contributed by atoms with Crippen LogP contribution in [0.3, 0.4) is 0 Å². The van der Waals surface area contributed by atoms with Crippen molar-refractivity contribution in [2.75, 3.05) is 31.7 Å². The number of hydrogen-bond donors (Lipinski definition) is 1. The van der Waals surface area contributed by atoms with Crippen molar-refractivity contribution < 1.29 is 18.0 Å². The van der Waals surface area contributed by atoms with Crippen LogP contribution in [0.5, 0.6) is 0 Å². The van der Waals surface area contributed by atoms with Crippen molar-refractivity contribution in [1.29, 1.82) is 0 Å². The topological polar surface area (TPSA) is 86.8 Å². The first-order valence-electron chi connectivity index (χ1n) is 9.46. The van der Waals surface area contributed by atoms with Crippen LogP contribution in [0.1, 0.15) is 34.8 Å². The van der Waals surface area contributed by atoms with Gasteiger partial charge in [0.2, 0.25) is 15.9 Å². The minimum Gasteiger partial charge on any atom is -0.339 e. The fraction of sp³-hybridized carbons (Fsp3) is 0.333. The van der Waals surface area contributed by atoms with Gasteiger partial charge in [0.05, 0.1) is 17.5 Å². The second-order valence-corrected chi connectivity index (χ2v) is 9.17. The number of nitrogens with one attached hydrogen (secondary N) is 1. The van der Waals surface area contributed by atoms with Gasteiger partial charge < -0.3 is 10.2 Å². The lowest BCUT2D eigenvalue weighted by atomic mass is 10.1. The van der Waals surface area contributed by atoms with E-state index in [-0.39, 0.29) is 5.91 Å². The van der Waals surface area contributed by atoms with E-state index in [0.717, 1.165) is 23.4 Å². The molecule has 7 nitrogen and oxygen atoms in total. The molecule has 0 spiro atoms. The summed E-state index contributed by atoms with van der Waals surface area (Å²) in [5.41, 5.74) is 1.31. The summed E-state index contributed by atoms with van der Waals surface area (Å²) < 4.78 is 25.3. The summed E-state index contributed by atoms with van der Waals surface area (Å²) in [6, 6.07) is 14.4. The van der Waals surface area contributed by atoms with E-state index >= 15 is 0 Å².